The smallest absolute Gasteiger partial charge is 0.354 e. The largest absolute Gasteiger partial charge is 0.367 e. The maximum Gasteiger partial charge on any atom is 0.367 e. The molecule has 4 aromatic rings. The molecule has 2 amide bonds. The Morgan fingerprint density at radius 3 is 2.50 bits per heavy atom. The first-order valence-electron chi connectivity index (χ1n) is 9.32. The molecule has 1 aliphatic rings. The van der Waals surface area contributed by atoms with E-state index in [1.54, 1.807) is 6.07 Å². The third-order valence-electron chi connectivity index (χ3n) is 5.07. The van der Waals surface area contributed by atoms with Gasteiger partial charge in [-0.15, -0.1) is 11.3 Å². The first-order valence-corrected chi connectivity index (χ1v) is 10.9. The van der Waals surface area contributed by atoms with Crippen LogP contribution in [0.25, 0.3) is 22.2 Å². The van der Waals surface area contributed by atoms with Gasteiger partial charge in [0.15, 0.2) is 0 Å². The van der Waals surface area contributed by atoms with Crippen molar-refractivity contribution < 1.29 is 4.79 Å². The van der Waals surface area contributed by atoms with Crippen molar-refractivity contribution in [2.24, 2.45) is 9.98 Å². The van der Waals surface area contributed by atoms with Crippen molar-refractivity contribution in [2.75, 3.05) is 0 Å². The standard InChI is InChI=1S/C23H15Cl2N3OS/c1-12-7-8-16-14(9-12)20(21(26-16)13-5-3-2-4-6-13)18-11-17(27-23(29)28-18)15-10-19(24)30-22(15)25/h2-10,26H,11H2,1H3. The van der Waals surface area contributed by atoms with E-state index in [1.807, 2.05) is 37.3 Å². The number of carbonyl (C=O) groups excluding carboxylic acids is 1. The topological polar surface area (TPSA) is 57.6 Å². The molecule has 0 saturated heterocycles. The quantitative estimate of drug-likeness (QED) is 0.348. The van der Waals surface area contributed by atoms with Gasteiger partial charge in [0.05, 0.1) is 21.5 Å². The molecular weight excluding hydrogens is 437 g/mol. The molecular formula is C23H15Cl2N3OS. The van der Waals surface area contributed by atoms with Gasteiger partial charge in [-0.2, -0.15) is 9.98 Å². The Bertz CT molecular complexity index is 1370. The second-order valence-electron chi connectivity index (χ2n) is 7.10. The van der Waals surface area contributed by atoms with Crippen LogP contribution in [0.2, 0.25) is 8.67 Å². The Balaban J connectivity index is 1.70. The number of nitrogens with zero attached hydrogens (tertiary/aromatic N) is 2. The van der Waals surface area contributed by atoms with Gasteiger partial charge in [-0.25, -0.2) is 4.79 Å². The van der Waals surface area contributed by atoms with Gasteiger partial charge >= 0.3 is 6.03 Å². The number of rotatable bonds is 3. The van der Waals surface area contributed by atoms with E-state index in [0.717, 1.165) is 33.3 Å². The number of aromatic nitrogens is 1. The molecule has 4 nitrogen and oxygen atoms in total. The number of aryl methyl sites for hydroxylation is 1. The molecule has 1 aliphatic heterocycles. The monoisotopic (exact) mass is 451 g/mol. The Morgan fingerprint density at radius 2 is 1.77 bits per heavy atom. The molecule has 5 rings (SSSR count). The van der Waals surface area contributed by atoms with Crippen molar-refractivity contribution in [1.29, 1.82) is 0 Å². The molecule has 30 heavy (non-hydrogen) atoms. The fourth-order valence-corrected chi connectivity index (χ4v) is 5.26. The van der Waals surface area contributed by atoms with E-state index in [4.69, 9.17) is 23.2 Å². The van der Waals surface area contributed by atoms with Crippen molar-refractivity contribution in [1.82, 2.24) is 4.98 Å². The number of amides is 2. The summed E-state index contributed by atoms with van der Waals surface area (Å²) < 4.78 is 1.08. The lowest BCUT2D eigenvalue weighted by Crippen LogP contribution is -2.18. The number of hydrogen-bond donors (Lipinski definition) is 1. The minimum absolute atomic E-state index is 0.388. The highest BCUT2D eigenvalue weighted by molar-refractivity contribution is 7.20. The third-order valence-corrected chi connectivity index (χ3v) is 6.56. The minimum atomic E-state index is -0.536. The number of nitrogens with one attached hydrogen (secondary N) is 1. The van der Waals surface area contributed by atoms with Crippen LogP contribution in [0.15, 0.2) is 64.6 Å². The second-order valence-corrected chi connectivity index (χ2v) is 9.39. The van der Waals surface area contributed by atoms with E-state index in [1.165, 1.54) is 11.3 Å². The number of halogens is 2. The van der Waals surface area contributed by atoms with Crippen LogP contribution in [-0.2, 0) is 0 Å². The number of thiophene rings is 1. The number of carbonyl (C=O) groups is 1. The van der Waals surface area contributed by atoms with Gasteiger partial charge in [0.2, 0.25) is 0 Å². The van der Waals surface area contributed by atoms with Gasteiger partial charge < -0.3 is 4.98 Å². The highest BCUT2D eigenvalue weighted by atomic mass is 35.5. The lowest BCUT2D eigenvalue weighted by molar-refractivity contribution is 0.257. The predicted molar refractivity (Wildman–Crippen MR) is 126 cm³/mol. The summed E-state index contributed by atoms with van der Waals surface area (Å²) in [5.74, 6) is 0. The molecule has 0 fully saturated rings. The summed E-state index contributed by atoms with van der Waals surface area (Å²) in [6, 6.07) is 17.5. The lowest BCUT2D eigenvalue weighted by atomic mass is 9.95. The van der Waals surface area contributed by atoms with Crippen LogP contribution in [0, 0.1) is 6.92 Å². The van der Waals surface area contributed by atoms with Crippen LogP contribution in [0.1, 0.15) is 23.1 Å². The van der Waals surface area contributed by atoms with E-state index in [2.05, 4.69) is 33.2 Å². The molecule has 0 atom stereocenters. The molecule has 0 saturated carbocycles. The first kappa shape index (κ1) is 19.2. The average molecular weight is 452 g/mol. The Labute approximate surface area is 186 Å². The molecule has 0 bridgehead atoms. The van der Waals surface area contributed by atoms with E-state index in [9.17, 15) is 4.79 Å². The number of H-pyrrole nitrogens is 1. The third kappa shape index (κ3) is 3.39. The molecule has 3 heterocycles. The van der Waals surface area contributed by atoms with Gasteiger partial charge in [0, 0.05) is 28.5 Å². The van der Waals surface area contributed by atoms with Crippen molar-refractivity contribution in [2.45, 2.75) is 13.3 Å². The summed E-state index contributed by atoms with van der Waals surface area (Å²) in [5, 5.41) is 1.02. The molecule has 0 spiro atoms. The average Bonchev–Trinajstić information content (AvgIpc) is 3.27. The zero-order valence-corrected chi connectivity index (χ0v) is 18.2. The molecule has 0 aliphatic carbocycles. The molecule has 7 heteroatoms. The highest BCUT2D eigenvalue weighted by Crippen LogP contribution is 2.36. The van der Waals surface area contributed by atoms with Crippen molar-refractivity contribution in [3.8, 4) is 11.3 Å². The summed E-state index contributed by atoms with van der Waals surface area (Å²) >= 11 is 13.7. The van der Waals surface area contributed by atoms with E-state index in [-0.39, 0.29) is 0 Å². The molecule has 1 N–H and O–H groups in total. The van der Waals surface area contributed by atoms with E-state index in [0.29, 0.717) is 32.1 Å². The van der Waals surface area contributed by atoms with E-state index < -0.39 is 6.03 Å². The van der Waals surface area contributed by atoms with E-state index >= 15 is 0 Å². The fourth-order valence-electron chi connectivity index (χ4n) is 3.76. The number of fused-ring (bicyclic) bond motifs is 1. The molecule has 0 unspecified atom stereocenters. The van der Waals surface area contributed by atoms with Crippen molar-refractivity contribution >= 4 is 62.9 Å². The Morgan fingerprint density at radius 1 is 1.00 bits per heavy atom. The maximum atomic E-state index is 12.5. The maximum absolute atomic E-state index is 12.5. The van der Waals surface area contributed by atoms with Crippen LogP contribution in [0.4, 0.5) is 4.79 Å². The fraction of sp³-hybridized carbons (Fsp3) is 0.0870. The summed E-state index contributed by atoms with van der Waals surface area (Å²) in [7, 11) is 0. The Hall–Kier alpha value is -2.73. The number of aliphatic imine (C=N–C) groups is 2. The SMILES string of the molecule is Cc1ccc2[nH]c(-c3ccccc3)c(C3=NC(=O)N=C(c4cc(Cl)sc4Cl)C3)c2c1. The number of aromatic amines is 1. The summed E-state index contributed by atoms with van der Waals surface area (Å²) in [4.78, 5) is 24.4. The summed E-state index contributed by atoms with van der Waals surface area (Å²) in [6.07, 6.45) is 0.388. The summed E-state index contributed by atoms with van der Waals surface area (Å²) in [5.41, 5.74) is 6.92. The van der Waals surface area contributed by atoms with Gasteiger partial charge in [0.1, 0.15) is 4.34 Å². The zero-order valence-electron chi connectivity index (χ0n) is 15.9. The van der Waals surface area contributed by atoms with Crippen molar-refractivity contribution in [3.05, 3.63) is 80.0 Å². The molecule has 2 aromatic heterocycles. The van der Waals surface area contributed by atoms with Crippen molar-refractivity contribution in [3.63, 3.8) is 0 Å². The predicted octanol–water partition coefficient (Wildman–Crippen LogP) is 7.31. The van der Waals surface area contributed by atoms with Crippen LogP contribution < -0.4 is 0 Å². The second kappa shape index (κ2) is 7.51. The minimum Gasteiger partial charge on any atom is -0.354 e. The van der Waals surface area contributed by atoms with Gasteiger partial charge in [-0.05, 0) is 30.7 Å². The first-order chi connectivity index (χ1) is 14.5. The van der Waals surface area contributed by atoms with Crippen LogP contribution in [-0.4, -0.2) is 22.4 Å². The highest BCUT2D eigenvalue weighted by Gasteiger charge is 2.26. The number of urea groups is 1. The van der Waals surface area contributed by atoms with Gasteiger partial charge in [-0.3, -0.25) is 0 Å². The molecule has 2 aromatic carbocycles. The zero-order chi connectivity index (χ0) is 20.8. The number of benzene rings is 2. The van der Waals surface area contributed by atoms with Crippen LogP contribution >= 0.6 is 34.5 Å². The van der Waals surface area contributed by atoms with Crippen LogP contribution in [0.5, 0.6) is 0 Å². The number of hydrogen-bond acceptors (Lipinski definition) is 2. The normalized spacial score (nSPS) is 14.2. The lowest BCUT2D eigenvalue weighted by Gasteiger charge is -2.14. The van der Waals surface area contributed by atoms with Crippen LogP contribution in [0.3, 0.4) is 0 Å². The van der Waals surface area contributed by atoms with Gasteiger partial charge in [0.25, 0.3) is 0 Å². The summed E-state index contributed by atoms with van der Waals surface area (Å²) in [6.45, 7) is 2.05. The van der Waals surface area contributed by atoms with Gasteiger partial charge in [-0.1, -0.05) is 65.2 Å². The molecule has 0 radical (unpaired) electrons. The Kier molecular flexibility index (Phi) is 4.82. The molecule has 148 valence electrons.